The maximum absolute atomic E-state index is 13.0. The van der Waals surface area contributed by atoms with E-state index >= 15 is 0 Å². The van der Waals surface area contributed by atoms with Crippen LogP contribution >= 0.6 is 0 Å². The normalized spacial score (nSPS) is 15.5. The number of rotatable bonds is 6. The summed E-state index contributed by atoms with van der Waals surface area (Å²) in [5.41, 5.74) is 1.10. The van der Waals surface area contributed by atoms with Gasteiger partial charge in [0, 0.05) is 31.9 Å². The van der Waals surface area contributed by atoms with Gasteiger partial charge in [0.25, 0.3) is 0 Å². The Morgan fingerprint density at radius 1 is 1.00 bits per heavy atom. The van der Waals surface area contributed by atoms with E-state index < -0.39 is 26.8 Å². The largest absolute Gasteiger partial charge is 0.368 e. The van der Waals surface area contributed by atoms with E-state index in [0.717, 1.165) is 30.0 Å². The average molecular weight is 434 g/mol. The van der Waals surface area contributed by atoms with Crippen LogP contribution in [0.3, 0.4) is 0 Å². The van der Waals surface area contributed by atoms with Crippen molar-refractivity contribution < 1.29 is 22.4 Å². The molecule has 1 saturated heterocycles. The first kappa shape index (κ1) is 21.8. The van der Waals surface area contributed by atoms with Crippen LogP contribution in [-0.4, -0.2) is 63.1 Å². The number of nitrogens with zero attached hydrogens (tertiary/aromatic N) is 2. The molecule has 1 unspecified atom stereocenters. The molecular formula is C21H24FN3O4S. The Morgan fingerprint density at radius 2 is 1.60 bits per heavy atom. The predicted molar refractivity (Wildman–Crippen MR) is 111 cm³/mol. The molecule has 0 saturated carbocycles. The fourth-order valence-corrected chi connectivity index (χ4v) is 4.53. The van der Waals surface area contributed by atoms with Crippen LogP contribution in [0, 0.1) is 5.82 Å². The van der Waals surface area contributed by atoms with Crippen molar-refractivity contribution in [2.24, 2.45) is 0 Å². The summed E-state index contributed by atoms with van der Waals surface area (Å²) in [5, 5.41) is 1.02. The molecule has 1 aliphatic heterocycles. The van der Waals surface area contributed by atoms with Gasteiger partial charge in [-0.15, -0.1) is 0 Å². The lowest BCUT2D eigenvalue weighted by Crippen LogP contribution is -2.52. The minimum Gasteiger partial charge on any atom is -0.368 e. The number of benzene rings is 2. The lowest BCUT2D eigenvalue weighted by molar-refractivity contribution is -0.133. The van der Waals surface area contributed by atoms with Gasteiger partial charge in [0.15, 0.2) is 9.84 Å². The van der Waals surface area contributed by atoms with Crippen LogP contribution < -0.4 is 10.2 Å². The highest BCUT2D eigenvalue weighted by molar-refractivity contribution is 7.92. The van der Waals surface area contributed by atoms with Crippen molar-refractivity contribution in [3.05, 3.63) is 60.4 Å². The number of para-hydroxylation sites is 1. The number of halogens is 1. The standard InChI is InChI=1S/C21H24FN3O4S/c1-16(30(28,29)19-9-7-17(22)8-10-19)21(27)23-15-20(26)25-13-11-24(12-14-25)18-5-3-2-4-6-18/h2-10,16H,11-15H2,1H3,(H,23,27). The van der Waals surface area contributed by atoms with Crippen LogP contribution in [0.5, 0.6) is 0 Å². The second-order valence-corrected chi connectivity index (χ2v) is 9.33. The molecule has 0 aromatic heterocycles. The molecule has 2 aromatic carbocycles. The van der Waals surface area contributed by atoms with Crippen molar-refractivity contribution in [2.75, 3.05) is 37.6 Å². The summed E-state index contributed by atoms with van der Waals surface area (Å²) < 4.78 is 38.1. The molecule has 9 heteroatoms. The van der Waals surface area contributed by atoms with Gasteiger partial charge in [-0.1, -0.05) is 18.2 Å². The van der Waals surface area contributed by atoms with Gasteiger partial charge in [0.05, 0.1) is 11.4 Å². The van der Waals surface area contributed by atoms with Crippen LogP contribution in [0.25, 0.3) is 0 Å². The number of carbonyl (C=O) groups excluding carboxylic acids is 2. The third-order valence-electron chi connectivity index (χ3n) is 5.14. The van der Waals surface area contributed by atoms with Gasteiger partial charge in [-0.25, -0.2) is 12.8 Å². The summed E-state index contributed by atoms with van der Waals surface area (Å²) in [6, 6.07) is 14.2. The maximum Gasteiger partial charge on any atom is 0.242 e. The number of hydrogen-bond acceptors (Lipinski definition) is 5. The van der Waals surface area contributed by atoms with Gasteiger partial charge in [-0.2, -0.15) is 0 Å². The topological polar surface area (TPSA) is 86.8 Å². The third-order valence-corrected chi connectivity index (χ3v) is 7.22. The fourth-order valence-electron chi connectivity index (χ4n) is 3.24. The summed E-state index contributed by atoms with van der Waals surface area (Å²) in [6.45, 7) is 3.38. The molecule has 30 heavy (non-hydrogen) atoms. The van der Waals surface area contributed by atoms with Gasteiger partial charge in [-0.05, 0) is 43.3 Å². The molecule has 1 atom stereocenters. The molecule has 1 aliphatic rings. The van der Waals surface area contributed by atoms with Crippen LogP contribution in [-0.2, 0) is 19.4 Å². The number of amides is 2. The molecule has 1 N–H and O–H groups in total. The fraction of sp³-hybridized carbons (Fsp3) is 0.333. The van der Waals surface area contributed by atoms with E-state index in [0.29, 0.717) is 26.2 Å². The predicted octanol–water partition coefficient (Wildman–Crippen LogP) is 1.45. The molecule has 2 amide bonds. The van der Waals surface area contributed by atoms with Gasteiger partial charge in [0.1, 0.15) is 11.1 Å². The third kappa shape index (κ3) is 4.96. The highest BCUT2D eigenvalue weighted by Crippen LogP contribution is 2.17. The van der Waals surface area contributed by atoms with E-state index in [1.807, 2.05) is 30.3 Å². The number of anilines is 1. The van der Waals surface area contributed by atoms with Crippen molar-refractivity contribution >= 4 is 27.3 Å². The van der Waals surface area contributed by atoms with Crippen molar-refractivity contribution in [1.29, 1.82) is 0 Å². The summed E-state index contributed by atoms with van der Waals surface area (Å²) in [5.74, 6) is -1.60. The SMILES string of the molecule is CC(C(=O)NCC(=O)N1CCN(c2ccccc2)CC1)S(=O)(=O)c1ccc(F)cc1. The molecule has 3 rings (SSSR count). The number of nitrogens with one attached hydrogen (secondary N) is 1. The van der Waals surface area contributed by atoms with Gasteiger partial charge in [0.2, 0.25) is 11.8 Å². The molecule has 0 radical (unpaired) electrons. The molecule has 1 heterocycles. The van der Waals surface area contributed by atoms with E-state index in [4.69, 9.17) is 0 Å². The highest BCUT2D eigenvalue weighted by atomic mass is 32.2. The monoisotopic (exact) mass is 433 g/mol. The Balaban J connectivity index is 1.51. The first-order valence-electron chi connectivity index (χ1n) is 9.64. The molecule has 160 valence electrons. The van der Waals surface area contributed by atoms with Crippen molar-refractivity contribution in [2.45, 2.75) is 17.1 Å². The van der Waals surface area contributed by atoms with Crippen molar-refractivity contribution in [3.8, 4) is 0 Å². The Kier molecular flexibility index (Phi) is 6.71. The van der Waals surface area contributed by atoms with E-state index in [-0.39, 0.29) is 17.3 Å². The summed E-state index contributed by atoms with van der Waals surface area (Å²) in [6.07, 6.45) is 0. The highest BCUT2D eigenvalue weighted by Gasteiger charge is 2.30. The van der Waals surface area contributed by atoms with Gasteiger partial charge < -0.3 is 15.1 Å². The second kappa shape index (κ2) is 9.25. The molecule has 0 spiro atoms. The number of carbonyl (C=O) groups is 2. The van der Waals surface area contributed by atoms with Gasteiger partial charge in [-0.3, -0.25) is 9.59 Å². The summed E-state index contributed by atoms with van der Waals surface area (Å²) in [7, 11) is -3.98. The summed E-state index contributed by atoms with van der Waals surface area (Å²) >= 11 is 0. The zero-order valence-electron chi connectivity index (χ0n) is 16.6. The molecule has 1 fully saturated rings. The minimum atomic E-state index is -3.98. The first-order chi connectivity index (χ1) is 14.3. The average Bonchev–Trinajstić information content (AvgIpc) is 2.77. The zero-order valence-corrected chi connectivity index (χ0v) is 17.4. The lowest BCUT2D eigenvalue weighted by atomic mass is 10.2. The lowest BCUT2D eigenvalue weighted by Gasteiger charge is -2.36. The van der Waals surface area contributed by atoms with Crippen LogP contribution in [0.2, 0.25) is 0 Å². The first-order valence-corrected chi connectivity index (χ1v) is 11.2. The molecular weight excluding hydrogens is 409 g/mol. The molecule has 0 bridgehead atoms. The molecule has 7 nitrogen and oxygen atoms in total. The smallest absolute Gasteiger partial charge is 0.242 e. The van der Waals surface area contributed by atoms with Crippen molar-refractivity contribution in [3.63, 3.8) is 0 Å². The van der Waals surface area contributed by atoms with E-state index in [2.05, 4.69) is 10.2 Å². The Bertz CT molecular complexity index is 989. The van der Waals surface area contributed by atoms with Crippen LogP contribution in [0.4, 0.5) is 10.1 Å². The Hall–Kier alpha value is -2.94. The van der Waals surface area contributed by atoms with E-state index in [1.165, 1.54) is 6.92 Å². The minimum absolute atomic E-state index is 0.144. The zero-order chi connectivity index (χ0) is 21.7. The van der Waals surface area contributed by atoms with Crippen LogP contribution in [0.15, 0.2) is 59.5 Å². The number of piperazine rings is 1. The quantitative estimate of drug-likeness (QED) is 0.697. The Labute approximate surface area is 175 Å². The van der Waals surface area contributed by atoms with Crippen molar-refractivity contribution in [1.82, 2.24) is 10.2 Å². The number of sulfone groups is 1. The maximum atomic E-state index is 13.0. The van der Waals surface area contributed by atoms with E-state index in [1.54, 1.807) is 4.90 Å². The number of hydrogen-bond donors (Lipinski definition) is 1. The van der Waals surface area contributed by atoms with Crippen LogP contribution in [0.1, 0.15) is 6.92 Å². The Morgan fingerprint density at radius 3 is 2.20 bits per heavy atom. The molecule has 0 aliphatic carbocycles. The van der Waals surface area contributed by atoms with E-state index in [9.17, 15) is 22.4 Å². The summed E-state index contributed by atoms with van der Waals surface area (Å²) in [4.78, 5) is 28.4. The second-order valence-electron chi connectivity index (χ2n) is 7.06. The molecule has 2 aromatic rings. The van der Waals surface area contributed by atoms with Gasteiger partial charge >= 0.3 is 0 Å².